The van der Waals surface area contributed by atoms with Crippen molar-refractivity contribution in [3.8, 4) is 0 Å². The lowest BCUT2D eigenvalue weighted by Crippen LogP contribution is -2.66. The van der Waals surface area contributed by atoms with Crippen molar-refractivity contribution in [3.05, 3.63) is 20.9 Å². The molecule has 0 aromatic rings. The molecule has 5 aliphatic heterocycles. The van der Waals surface area contributed by atoms with Crippen LogP contribution in [0.4, 0.5) is 0 Å². The van der Waals surface area contributed by atoms with Crippen LogP contribution in [-0.4, -0.2) is 288 Å². The maximum Gasteiger partial charge on any atom is 0.187 e. The summed E-state index contributed by atoms with van der Waals surface area (Å²) in [6.45, 7) is -1.64. The van der Waals surface area contributed by atoms with Crippen LogP contribution in [-0.2, 0) is 47.4 Å². The van der Waals surface area contributed by atoms with E-state index in [-0.39, 0.29) is 26.3 Å². The number of hydrogen-bond acceptors (Lipinski definition) is 28. The van der Waals surface area contributed by atoms with E-state index in [0.29, 0.717) is 12.8 Å². The molecule has 0 aromatic heterocycles. The van der Waals surface area contributed by atoms with Gasteiger partial charge in [0.25, 0.3) is 0 Å². The molecule has 0 bridgehead atoms. The quantitative estimate of drug-likeness (QED) is 0.0220. The van der Waals surface area contributed by atoms with E-state index in [2.05, 4.69) is 20.1 Å². The molecule has 5 aliphatic rings. The molecule has 25 atom stereocenters. The van der Waals surface area contributed by atoms with Gasteiger partial charge in [-0.2, -0.15) is 0 Å². The first-order valence-electron chi connectivity index (χ1n) is 22.0. The lowest BCUT2D eigenvalue weighted by atomic mass is 9.92. The lowest BCUT2D eigenvalue weighted by molar-refractivity contribution is -0.377. The summed E-state index contributed by atoms with van der Waals surface area (Å²) in [5.41, 5.74) is 16.5. The van der Waals surface area contributed by atoms with E-state index < -0.39 is 186 Å². The number of aliphatic hydroxyl groups excluding tert-OH is 16. The predicted molar refractivity (Wildman–Crippen MR) is 218 cm³/mol. The Bertz CT molecular complexity index is 1590. The highest BCUT2D eigenvalue weighted by atomic mass is 16.8. The van der Waals surface area contributed by atoms with Crippen LogP contribution in [0.25, 0.3) is 20.9 Å². The van der Waals surface area contributed by atoms with Gasteiger partial charge in [0.1, 0.15) is 110 Å². The molecule has 5 fully saturated rings. The lowest BCUT2D eigenvalue weighted by Gasteiger charge is -2.48. The summed E-state index contributed by atoms with van der Waals surface area (Å²) in [6.07, 6.45) is -35.2. The summed E-state index contributed by atoms with van der Waals surface area (Å²) in [7, 11) is 0. The molecule has 32 nitrogen and oxygen atoms in total. The normalized spacial score (nSPS) is 44.8. The van der Waals surface area contributed by atoms with Gasteiger partial charge >= 0.3 is 0 Å². The van der Waals surface area contributed by atoms with Crippen molar-refractivity contribution in [2.75, 3.05) is 59.3 Å². The Morgan fingerprint density at radius 3 is 1.16 bits per heavy atom. The number of rotatable bonds is 21. The Hall–Kier alpha value is -2.42. The second-order valence-corrected chi connectivity index (χ2v) is 16.5. The second kappa shape index (κ2) is 28.7. The smallest absolute Gasteiger partial charge is 0.187 e. The van der Waals surface area contributed by atoms with Crippen LogP contribution in [0.2, 0.25) is 0 Å². The van der Waals surface area contributed by atoms with Gasteiger partial charge in [-0.15, -0.1) is 0 Å². The molecule has 0 radical (unpaired) electrons. The fourth-order valence-electron chi connectivity index (χ4n) is 7.82. The zero-order valence-corrected chi connectivity index (χ0v) is 37.1. The minimum absolute atomic E-state index is 0.00119. The van der Waals surface area contributed by atoms with E-state index in [4.69, 9.17) is 58.4 Å². The number of aliphatic hydroxyl groups is 16. The van der Waals surface area contributed by atoms with Gasteiger partial charge in [-0.1, -0.05) is 17.2 Å². The Labute approximate surface area is 392 Å². The standard InChI is InChI=1S/C22H39N3O15.C15H27N3O11/c1-8-12(29)13(30)9(5-26)36-20(8)40-19-14(31)10(6-27)37-22(17(19)34)39-18-11(7-28)38-21(16(33)15(18)32)35-4-2-3-24-25-23;16-18-17-2-1-3-26-14-12(25)10(23)13(7(5-20)28-14)29-15-11(24)9(22)8(21)6(4-19)27-15/h8-22,26-34H,2-7H2,1H3;6-15,19-25H,1-5H2. The molecule has 0 aromatic carbocycles. The maximum absolute atomic E-state index is 11.0. The highest BCUT2D eigenvalue weighted by Crippen LogP contribution is 2.35. The first-order valence-corrected chi connectivity index (χ1v) is 22.0. The molecule has 5 heterocycles. The van der Waals surface area contributed by atoms with Gasteiger partial charge in [0.2, 0.25) is 0 Å². The largest absolute Gasteiger partial charge is 0.394 e. The van der Waals surface area contributed by atoms with E-state index in [1.165, 1.54) is 6.92 Å². The summed E-state index contributed by atoms with van der Waals surface area (Å²) in [5, 5.41) is 168. The van der Waals surface area contributed by atoms with Gasteiger partial charge in [0, 0.05) is 42.0 Å². The number of nitrogens with zero attached hydrogens (tertiary/aromatic N) is 6. The van der Waals surface area contributed by atoms with Crippen LogP contribution in [0.1, 0.15) is 19.8 Å². The molecular formula is C37H66N6O26. The first-order chi connectivity index (χ1) is 32.9. The van der Waals surface area contributed by atoms with Gasteiger partial charge in [0.05, 0.1) is 39.1 Å². The summed E-state index contributed by atoms with van der Waals surface area (Å²) in [4.78, 5) is 5.19. The van der Waals surface area contributed by atoms with Crippen molar-refractivity contribution in [2.45, 2.75) is 167 Å². The van der Waals surface area contributed by atoms with Crippen LogP contribution in [0, 0.1) is 5.92 Å². The van der Waals surface area contributed by atoms with Crippen molar-refractivity contribution >= 4 is 0 Å². The second-order valence-electron chi connectivity index (χ2n) is 16.5. The Morgan fingerprint density at radius 1 is 0.391 bits per heavy atom. The van der Waals surface area contributed by atoms with Gasteiger partial charge < -0.3 is 129 Å². The summed E-state index contributed by atoms with van der Waals surface area (Å²) < 4.78 is 54.7. The third-order valence-corrected chi connectivity index (χ3v) is 11.9. The molecule has 5 saturated heterocycles. The summed E-state index contributed by atoms with van der Waals surface area (Å²) in [6, 6.07) is 0. The van der Waals surface area contributed by atoms with Gasteiger partial charge in [-0.3, -0.25) is 0 Å². The molecular weight excluding hydrogens is 944 g/mol. The Balaban J connectivity index is 0.000000317. The van der Waals surface area contributed by atoms with Crippen molar-refractivity contribution < 1.29 is 129 Å². The van der Waals surface area contributed by atoms with E-state index in [1.807, 2.05) is 0 Å². The number of azide groups is 2. The fraction of sp³-hybridized carbons (Fsp3) is 1.00. The van der Waals surface area contributed by atoms with Gasteiger partial charge in [-0.05, 0) is 23.9 Å². The van der Waals surface area contributed by atoms with E-state index >= 15 is 0 Å². The van der Waals surface area contributed by atoms with E-state index in [1.54, 1.807) is 0 Å². The number of ether oxygens (including phenoxy) is 10. The van der Waals surface area contributed by atoms with Crippen LogP contribution >= 0.6 is 0 Å². The minimum atomic E-state index is -1.80. The molecule has 0 amide bonds. The topological polar surface area (TPSA) is 514 Å². The summed E-state index contributed by atoms with van der Waals surface area (Å²) in [5.74, 6) is -0.877. The van der Waals surface area contributed by atoms with E-state index in [0.717, 1.165) is 0 Å². The highest BCUT2D eigenvalue weighted by Gasteiger charge is 2.54. The number of hydrogen-bond donors (Lipinski definition) is 16. The highest BCUT2D eigenvalue weighted by molar-refractivity contribution is 4.97. The average molecular weight is 1010 g/mol. The van der Waals surface area contributed by atoms with Crippen molar-refractivity contribution in [3.63, 3.8) is 0 Å². The molecule has 0 aliphatic carbocycles. The fourth-order valence-corrected chi connectivity index (χ4v) is 7.82. The molecule has 32 heteroatoms. The molecule has 69 heavy (non-hydrogen) atoms. The predicted octanol–water partition coefficient (Wildman–Crippen LogP) is -8.25. The van der Waals surface area contributed by atoms with Gasteiger partial charge in [0.15, 0.2) is 31.5 Å². The molecule has 400 valence electrons. The molecule has 16 N–H and O–H groups in total. The van der Waals surface area contributed by atoms with Crippen LogP contribution in [0.3, 0.4) is 0 Å². The maximum atomic E-state index is 11.0. The molecule has 25 unspecified atom stereocenters. The third kappa shape index (κ3) is 14.9. The molecule has 5 rings (SSSR count). The summed E-state index contributed by atoms with van der Waals surface area (Å²) >= 11 is 0. The van der Waals surface area contributed by atoms with Crippen LogP contribution < -0.4 is 0 Å². The minimum Gasteiger partial charge on any atom is -0.394 e. The molecule has 0 spiro atoms. The molecule has 0 saturated carbocycles. The monoisotopic (exact) mass is 1010 g/mol. The Kier molecular flexibility index (Phi) is 24.6. The average Bonchev–Trinajstić information content (AvgIpc) is 3.35. The zero-order chi connectivity index (χ0) is 51.1. The zero-order valence-electron chi connectivity index (χ0n) is 37.1. The van der Waals surface area contributed by atoms with Gasteiger partial charge in [-0.25, -0.2) is 0 Å². The van der Waals surface area contributed by atoms with Crippen molar-refractivity contribution in [1.82, 2.24) is 0 Å². The van der Waals surface area contributed by atoms with Crippen LogP contribution in [0.15, 0.2) is 10.2 Å². The van der Waals surface area contributed by atoms with Crippen LogP contribution in [0.5, 0.6) is 0 Å². The Morgan fingerprint density at radius 2 is 0.739 bits per heavy atom. The van der Waals surface area contributed by atoms with Crippen molar-refractivity contribution in [1.29, 1.82) is 0 Å². The first kappa shape index (κ1) is 59.1. The van der Waals surface area contributed by atoms with E-state index in [9.17, 15) is 81.7 Å². The SMILES string of the molecule is CC1C(OC2C(O)C(CO)OC(OC3C(CO)OC(OCCCN=[N+]=[N-])C(O)C3O)C2O)OC(CO)C(O)C1O.[N-]=[N+]=NCCCOC1OC(CO)C(OC2OC(CO)C(O)C(O)C2O)C(O)C1O. The third-order valence-electron chi connectivity index (χ3n) is 11.9. The van der Waals surface area contributed by atoms with Crippen molar-refractivity contribution in [2.24, 2.45) is 16.1 Å².